The highest BCUT2D eigenvalue weighted by atomic mass is 16.6. The molecule has 1 aromatic carbocycles. The number of hydrogen-bond donors (Lipinski definition) is 0. The first kappa shape index (κ1) is 9.53. The van der Waals surface area contributed by atoms with Crippen LogP contribution >= 0.6 is 0 Å². The van der Waals surface area contributed by atoms with Crippen molar-refractivity contribution in [2.45, 2.75) is 18.9 Å². The van der Waals surface area contributed by atoms with Gasteiger partial charge in [0, 0.05) is 0 Å². The molecule has 0 N–H and O–H groups in total. The van der Waals surface area contributed by atoms with E-state index in [0.29, 0.717) is 19.1 Å². The van der Waals surface area contributed by atoms with E-state index in [1.54, 1.807) is 0 Å². The van der Waals surface area contributed by atoms with Crippen LogP contribution in [-0.4, -0.2) is 19.3 Å². The highest BCUT2D eigenvalue weighted by molar-refractivity contribution is 5.27. The van der Waals surface area contributed by atoms with Crippen molar-refractivity contribution < 1.29 is 9.47 Å². The Hall–Kier alpha value is -1.02. The van der Waals surface area contributed by atoms with Crippen LogP contribution in [0.3, 0.4) is 0 Å². The molecular formula is C12H14O2. The monoisotopic (exact) mass is 190 g/mol. The molecule has 14 heavy (non-hydrogen) atoms. The van der Waals surface area contributed by atoms with Gasteiger partial charge in [-0.2, -0.15) is 0 Å². The lowest BCUT2D eigenvalue weighted by molar-refractivity contribution is 0.263. The molecule has 2 heteroatoms. The number of aryl methyl sites for hydroxylation is 1. The van der Waals surface area contributed by atoms with Crippen LogP contribution in [0.25, 0.3) is 0 Å². The lowest BCUT2D eigenvalue weighted by Crippen LogP contribution is -2.03. The zero-order chi connectivity index (χ0) is 9.80. The number of benzene rings is 1. The first-order valence-electron chi connectivity index (χ1n) is 4.92. The highest BCUT2D eigenvalue weighted by Crippen LogP contribution is 2.16. The summed E-state index contributed by atoms with van der Waals surface area (Å²) in [6.45, 7) is 6.96. The lowest BCUT2D eigenvalue weighted by atomic mass is 10.1. The van der Waals surface area contributed by atoms with Gasteiger partial charge in [0.05, 0.1) is 6.61 Å². The standard InChI is InChI=1S/C12H14O2/c1-2-3-10-4-6-11(7-5-10)13-8-12-9-14-12/h1,4-7,12H,2-3,8-9H2. The van der Waals surface area contributed by atoms with E-state index in [2.05, 4.69) is 12.1 Å². The lowest BCUT2D eigenvalue weighted by Gasteiger charge is -2.04. The summed E-state index contributed by atoms with van der Waals surface area (Å²) in [6, 6.07) is 8.06. The van der Waals surface area contributed by atoms with Gasteiger partial charge in [-0.25, -0.2) is 0 Å². The molecule has 0 spiro atoms. The van der Waals surface area contributed by atoms with Gasteiger partial charge in [0.15, 0.2) is 0 Å². The van der Waals surface area contributed by atoms with Crippen molar-refractivity contribution in [3.63, 3.8) is 0 Å². The topological polar surface area (TPSA) is 21.8 Å². The quantitative estimate of drug-likeness (QED) is 0.663. The molecule has 1 aromatic rings. The summed E-state index contributed by atoms with van der Waals surface area (Å²) in [4.78, 5) is 0. The zero-order valence-corrected chi connectivity index (χ0v) is 8.11. The van der Waals surface area contributed by atoms with Gasteiger partial charge in [0.2, 0.25) is 0 Å². The van der Waals surface area contributed by atoms with Crippen LogP contribution in [-0.2, 0) is 11.2 Å². The largest absolute Gasteiger partial charge is 0.491 e. The van der Waals surface area contributed by atoms with Crippen LogP contribution in [0.2, 0.25) is 0 Å². The predicted molar refractivity (Wildman–Crippen MR) is 54.3 cm³/mol. The minimum atomic E-state index is 0.318. The fourth-order valence-electron chi connectivity index (χ4n) is 1.27. The van der Waals surface area contributed by atoms with Crippen molar-refractivity contribution in [1.82, 2.24) is 0 Å². The molecule has 0 bridgehead atoms. The van der Waals surface area contributed by atoms with Crippen molar-refractivity contribution in [3.8, 4) is 5.75 Å². The molecule has 2 radical (unpaired) electrons. The van der Waals surface area contributed by atoms with Gasteiger partial charge < -0.3 is 9.47 Å². The van der Waals surface area contributed by atoms with Gasteiger partial charge in [-0.1, -0.05) is 12.1 Å². The minimum Gasteiger partial charge on any atom is -0.491 e. The van der Waals surface area contributed by atoms with Crippen LogP contribution < -0.4 is 4.74 Å². The molecular weight excluding hydrogens is 176 g/mol. The summed E-state index contributed by atoms with van der Waals surface area (Å²) < 4.78 is 10.6. The Labute approximate surface area is 84.8 Å². The molecule has 1 saturated heterocycles. The van der Waals surface area contributed by atoms with Crippen LogP contribution in [0, 0.1) is 6.92 Å². The third kappa shape index (κ3) is 2.74. The normalized spacial score (nSPS) is 19.4. The van der Waals surface area contributed by atoms with Crippen molar-refractivity contribution in [2.75, 3.05) is 13.2 Å². The van der Waals surface area contributed by atoms with Gasteiger partial charge in [-0.05, 0) is 37.5 Å². The summed E-state index contributed by atoms with van der Waals surface area (Å²) in [6.07, 6.45) is 1.93. The first-order chi connectivity index (χ1) is 6.88. The third-order valence-corrected chi connectivity index (χ3v) is 2.19. The van der Waals surface area contributed by atoms with Gasteiger partial charge in [-0.15, -0.1) is 0 Å². The van der Waals surface area contributed by atoms with E-state index >= 15 is 0 Å². The Morgan fingerprint density at radius 1 is 1.36 bits per heavy atom. The molecule has 1 fully saturated rings. The van der Waals surface area contributed by atoms with Crippen molar-refractivity contribution in [2.24, 2.45) is 0 Å². The fraction of sp³-hybridized carbons (Fsp3) is 0.417. The van der Waals surface area contributed by atoms with Gasteiger partial charge in [0.1, 0.15) is 18.5 Å². The fourth-order valence-corrected chi connectivity index (χ4v) is 1.27. The van der Waals surface area contributed by atoms with Crippen LogP contribution in [0.15, 0.2) is 24.3 Å². The zero-order valence-electron chi connectivity index (χ0n) is 8.11. The number of hydrogen-bond acceptors (Lipinski definition) is 2. The average Bonchev–Trinajstić information content (AvgIpc) is 3.01. The Morgan fingerprint density at radius 3 is 2.64 bits per heavy atom. The van der Waals surface area contributed by atoms with E-state index in [1.165, 1.54) is 5.56 Å². The number of rotatable bonds is 5. The van der Waals surface area contributed by atoms with E-state index < -0.39 is 0 Å². The minimum absolute atomic E-state index is 0.318. The summed E-state index contributed by atoms with van der Waals surface area (Å²) in [7, 11) is 0. The van der Waals surface area contributed by atoms with Gasteiger partial charge in [0.25, 0.3) is 0 Å². The molecule has 1 aliphatic heterocycles. The predicted octanol–water partition coefficient (Wildman–Crippen LogP) is 2.11. The molecule has 0 aromatic heterocycles. The van der Waals surface area contributed by atoms with Gasteiger partial charge >= 0.3 is 0 Å². The molecule has 1 aliphatic rings. The van der Waals surface area contributed by atoms with Crippen LogP contribution in [0.4, 0.5) is 0 Å². The Balaban J connectivity index is 1.84. The summed E-state index contributed by atoms with van der Waals surface area (Å²) >= 11 is 0. The summed E-state index contributed by atoms with van der Waals surface area (Å²) in [5, 5.41) is 0. The number of epoxide rings is 1. The average molecular weight is 190 g/mol. The van der Waals surface area contributed by atoms with Crippen molar-refractivity contribution >= 4 is 0 Å². The van der Waals surface area contributed by atoms with Crippen molar-refractivity contribution in [1.29, 1.82) is 0 Å². The molecule has 0 saturated carbocycles. The SMILES string of the molecule is [CH]CCc1ccc(OCC2CO2)cc1. The Bertz CT molecular complexity index is 275. The van der Waals surface area contributed by atoms with E-state index in [9.17, 15) is 0 Å². The second-order valence-corrected chi connectivity index (χ2v) is 3.45. The van der Waals surface area contributed by atoms with Crippen LogP contribution in [0.1, 0.15) is 12.0 Å². The maximum Gasteiger partial charge on any atom is 0.119 e. The first-order valence-corrected chi connectivity index (χ1v) is 4.92. The molecule has 0 amide bonds. The van der Waals surface area contributed by atoms with E-state index in [1.807, 2.05) is 12.1 Å². The number of ether oxygens (including phenoxy) is 2. The molecule has 1 heterocycles. The van der Waals surface area contributed by atoms with E-state index in [-0.39, 0.29) is 0 Å². The second kappa shape index (κ2) is 4.47. The Kier molecular flexibility index (Phi) is 3.04. The maximum absolute atomic E-state index is 5.51. The molecule has 74 valence electrons. The second-order valence-electron chi connectivity index (χ2n) is 3.45. The molecule has 0 aliphatic carbocycles. The highest BCUT2D eigenvalue weighted by Gasteiger charge is 2.22. The molecule has 2 rings (SSSR count). The maximum atomic E-state index is 5.51. The smallest absolute Gasteiger partial charge is 0.119 e. The van der Waals surface area contributed by atoms with Gasteiger partial charge in [-0.3, -0.25) is 0 Å². The van der Waals surface area contributed by atoms with E-state index in [0.717, 1.165) is 18.8 Å². The third-order valence-electron chi connectivity index (χ3n) is 2.19. The Morgan fingerprint density at radius 2 is 2.07 bits per heavy atom. The molecule has 1 atom stereocenters. The molecule has 2 nitrogen and oxygen atoms in total. The summed E-state index contributed by atoms with van der Waals surface area (Å²) in [5.41, 5.74) is 1.25. The summed E-state index contributed by atoms with van der Waals surface area (Å²) in [5.74, 6) is 0.904. The van der Waals surface area contributed by atoms with Crippen molar-refractivity contribution in [3.05, 3.63) is 36.8 Å². The van der Waals surface area contributed by atoms with E-state index in [4.69, 9.17) is 16.4 Å². The molecule has 1 unspecified atom stereocenters. The van der Waals surface area contributed by atoms with Crippen LogP contribution in [0.5, 0.6) is 5.75 Å².